The number of fused-ring (bicyclic) bond motifs is 3. The maximum atomic E-state index is 5.31. The van der Waals surface area contributed by atoms with Crippen molar-refractivity contribution in [2.45, 2.75) is 50.7 Å². The molecule has 3 aromatic heterocycles. The number of tetrazole rings is 2. The molecule has 3 heterocycles. The molecule has 0 saturated heterocycles. The maximum Gasteiger partial charge on any atom is 0.185 e. The summed E-state index contributed by atoms with van der Waals surface area (Å²) in [6.07, 6.45) is 5.83. The van der Waals surface area contributed by atoms with E-state index in [1.54, 1.807) is 11.6 Å². The molecule has 2 aromatic carbocycles. The third-order valence-corrected chi connectivity index (χ3v) is 6.88. The van der Waals surface area contributed by atoms with Crippen LogP contribution in [0.15, 0.2) is 54.6 Å². The topological polar surface area (TPSA) is 108 Å². The number of hydrogen-bond donors (Lipinski definition) is 1. The first-order chi connectivity index (χ1) is 17.3. The van der Waals surface area contributed by atoms with E-state index < -0.39 is 0 Å². The Bertz CT molecular complexity index is 1440. The predicted molar refractivity (Wildman–Crippen MR) is 130 cm³/mol. The van der Waals surface area contributed by atoms with E-state index in [1.807, 2.05) is 35.0 Å². The zero-order valence-corrected chi connectivity index (χ0v) is 19.6. The number of hydrogen-bond acceptors (Lipinski definition) is 8. The Morgan fingerprint density at radius 2 is 1.77 bits per heavy atom. The highest BCUT2D eigenvalue weighted by Crippen LogP contribution is 2.33. The van der Waals surface area contributed by atoms with Gasteiger partial charge in [-0.05, 0) is 63.5 Å². The smallest absolute Gasteiger partial charge is 0.185 e. The first kappa shape index (κ1) is 21.6. The Labute approximate surface area is 202 Å². The molecule has 5 aromatic rings. The second kappa shape index (κ2) is 9.38. The van der Waals surface area contributed by atoms with Crippen molar-refractivity contribution in [3.05, 3.63) is 71.5 Å². The summed E-state index contributed by atoms with van der Waals surface area (Å²) in [6.45, 7) is 0.618. The molecule has 1 aliphatic rings. The minimum atomic E-state index is -0.299. The number of para-hydroxylation sites is 1. The summed E-state index contributed by atoms with van der Waals surface area (Å²) in [6, 6.07) is 18.3. The van der Waals surface area contributed by atoms with E-state index in [0.717, 1.165) is 46.4 Å². The maximum absolute atomic E-state index is 5.31. The number of methoxy groups -OCH3 is 1. The normalized spacial score (nSPS) is 15.6. The number of rotatable bonds is 7. The molecule has 0 spiro atoms. The lowest BCUT2D eigenvalue weighted by molar-refractivity contribution is 0.310. The van der Waals surface area contributed by atoms with Gasteiger partial charge in [-0.2, -0.15) is 4.52 Å². The van der Waals surface area contributed by atoms with Gasteiger partial charge in [-0.1, -0.05) is 49.6 Å². The second-order valence-corrected chi connectivity index (χ2v) is 9.01. The fraction of sp³-hybridized carbons (Fsp3) is 0.360. The minimum absolute atomic E-state index is 0.298. The van der Waals surface area contributed by atoms with Gasteiger partial charge in [0.2, 0.25) is 0 Å². The van der Waals surface area contributed by atoms with E-state index in [9.17, 15) is 0 Å². The van der Waals surface area contributed by atoms with E-state index in [0.29, 0.717) is 18.2 Å². The third kappa shape index (κ3) is 4.10. The van der Waals surface area contributed by atoms with Gasteiger partial charge in [0.05, 0.1) is 24.7 Å². The summed E-state index contributed by atoms with van der Waals surface area (Å²) in [4.78, 5) is 0. The van der Waals surface area contributed by atoms with E-state index in [4.69, 9.17) is 4.74 Å². The Morgan fingerprint density at radius 3 is 2.60 bits per heavy atom. The zero-order valence-electron chi connectivity index (χ0n) is 19.6. The molecule has 1 aliphatic carbocycles. The van der Waals surface area contributed by atoms with Gasteiger partial charge in [0.15, 0.2) is 11.5 Å². The highest BCUT2D eigenvalue weighted by Gasteiger charge is 2.29. The van der Waals surface area contributed by atoms with Gasteiger partial charge in [-0.3, -0.25) is 5.32 Å². The van der Waals surface area contributed by atoms with Crippen molar-refractivity contribution in [1.29, 1.82) is 0 Å². The molecule has 178 valence electrons. The van der Waals surface area contributed by atoms with Crippen LogP contribution < -0.4 is 10.1 Å². The fourth-order valence-corrected chi connectivity index (χ4v) is 5.06. The molecular weight excluding hydrogens is 442 g/mol. The molecule has 1 atom stereocenters. The molecule has 1 unspecified atom stereocenters. The molecule has 6 rings (SSSR count). The third-order valence-electron chi connectivity index (χ3n) is 6.88. The molecule has 0 radical (unpaired) electrons. The van der Waals surface area contributed by atoms with E-state index in [-0.39, 0.29) is 6.04 Å². The van der Waals surface area contributed by atoms with Gasteiger partial charge in [0.25, 0.3) is 0 Å². The summed E-state index contributed by atoms with van der Waals surface area (Å²) in [7, 11) is 1.67. The van der Waals surface area contributed by atoms with Crippen molar-refractivity contribution >= 4 is 16.6 Å². The largest absolute Gasteiger partial charge is 0.497 e. The Balaban J connectivity index is 1.45. The van der Waals surface area contributed by atoms with Crippen molar-refractivity contribution in [2.24, 2.45) is 0 Å². The quantitative estimate of drug-likeness (QED) is 0.385. The van der Waals surface area contributed by atoms with Gasteiger partial charge >= 0.3 is 0 Å². The molecule has 0 amide bonds. The Kier molecular flexibility index (Phi) is 5.79. The minimum Gasteiger partial charge on any atom is -0.497 e. The van der Waals surface area contributed by atoms with Crippen molar-refractivity contribution in [2.75, 3.05) is 7.11 Å². The van der Waals surface area contributed by atoms with Crippen LogP contribution in [0.1, 0.15) is 61.1 Å². The first-order valence-electron chi connectivity index (χ1n) is 12.1. The van der Waals surface area contributed by atoms with Crippen LogP contribution in [0, 0.1) is 0 Å². The van der Waals surface area contributed by atoms with Crippen molar-refractivity contribution < 1.29 is 4.74 Å². The fourth-order valence-electron chi connectivity index (χ4n) is 5.06. The Hall–Kier alpha value is -3.92. The molecule has 1 saturated carbocycles. The number of nitrogens with zero attached hydrogens (tertiary/aromatic N) is 8. The molecule has 1 N–H and O–H groups in total. The van der Waals surface area contributed by atoms with Gasteiger partial charge in [-0.15, -0.1) is 10.2 Å². The average molecular weight is 470 g/mol. The van der Waals surface area contributed by atoms with Gasteiger partial charge in [-0.25, -0.2) is 4.68 Å². The molecular formula is C25H27N9O. The number of benzene rings is 2. The van der Waals surface area contributed by atoms with Crippen molar-refractivity contribution in [1.82, 2.24) is 45.6 Å². The van der Waals surface area contributed by atoms with E-state index in [1.165, 1.54) is 19.3 Å². The molecule has 10 nitrogen and oxygen atoms in total. The molecule has 35 heavy (non-hydrogen) atoms. The summed E-state index contributed by atoms with van der Waals surface area (Å²) < 4.78 is 9.12. The lowest BCUT2D eigenvalue weighted by atomic mass is 9.95. The van der Waals surface area contributed by atoms with Crippen LogP contribution in [0.5, 0.6) is 5.75 Å². The molecule has 10 heteroatoms. The van der Waals surface area contributed by atoms with Crippen LogP contribution >= 0.6 is 0 Å². The summed E-state index contributed by atoms with van der Waals surface area (Å²) in [5, 5.41) is 30.5. The van der Waals surface area contributed by atoms with Gasteiger partial charge in [0.1, 0.15) is 5.75 Å². The molecule has 1 fully saturated rings. The first-order valence-corrected chi connectivity index (χ1v) is 12.1. The predicted octanol–water partition coefficient (Wildman–Crippen LogP) is 3.66. The molecule has 0 bridgehead atoms. The monoisotopic (exact) mass is 469 g/mol. The number of ether oxygens (including phenoxy) is 1. The molecule has 0 aliphatic heterocycles. The summed E-state index contributed by atoms with van der Waals surface area (Å²) >= 11 is 0. The van der Waals surface area contributed by atoms with Crippen LogP contribution in [0.25, 0.3) is 16.6 Å². The van der Waals surface area contributed by atoms with Crippen LogP contribution in [-0.4, -0.2) is 47.4 Å². The van der Waals surface area contributed by atoms with E-state index >= 15 is 0 Å². The zero-order chi connectivity index (χ0) is 23.6. The summed E-state index contributed by atoms with van der Waals surface area (Å²) in [5.41, 5.74) is 3.71. The standard InChI is InChI=1S/C25H27N9O/c1-35-20-13-11-17(12-14-20)16-26-23(25-28-30-31-33(25)19-8-3-2-4-9-19)21-15-18-7-5-6-10-22(18)34-24(21)27-29-32-34/h5-7,10-15,19,23,26H,2-4,8-9,16H2,1H3. The van der Waals surface area contributed by atoms with E-state index in [2.05, 4.69) is 60.6 Å². The lowest BCUT2D eigenvalue weighted by Crippen LogP contribution is -2.28. The number of nitrogens with one attached hydrogen (secondary N) is 1. The van der Waals surface area contributed by atoms with Crippen LogP contribution in [0.2, 0.25) is 0 Å². The highest BCUT2D eigenvalue weighted by molar-refractivity contribution is 5.83. The summed E-state index contributed by atoms with van der Waals surface area (Å²) in [5.74, 6) is 1.61. The van der Waals surface area contributed by atoms with Crippen LogP contribution in [-0.2, 0) is 6.54 Å². The van der Waals surface area contributed by atoms with Crippen LogP contribution in [0.3, 0.4) is 0 Å². The number of aromatic nitrogens is 8. The highest BCUT2D eigenvalue weighted by atomic mass is 16.5. The second-order valence-electron chi connectivity index (χ2n) is 9.01. The Morgan fingerprint density at radius 1 is 0.971 bits per heavy atom. The lowest BCUT2D eigenvalue weighted by Gasteiger charge is -2.25. The number of pyridine rings is 1. The average Bonchev–Trinajstić information content (AvgIpc) is 3.60. The van der Waals surface area contributed by atoms with Crippen molar-refractivity contribution in [3.63, 3.8) is 0 Å². The SMILES string of the molecule is COc1ccc(CNC(c2cc3ccccc3n3nnnc23)c2nnnn2C2CCCCC2)cc1. The van der Waals surface area contributed by atoms with Gasteiger partial charge in [0, 0.05) is 17.5 Å². The van der Waals surface area contributed by atoms with Gasteiger partial charge < -0.3 is 4.74 Å². The van der Waals surface area contributed by atoms with Crippen molar-refractivity contribution in [3.8, 4) is 5.75 Å². The van der Waals surface area contributed by atoms with Crippen LogP contribution in [0.4, 0.5) is 0 Å².